The van der Waals surface area contributed by atoms with E-state index in [0.29, 0.717) is 28.5 Å². The van der Waals surface area contributed by atoms with Gasteiger partial charge in [0.05, 0.1) is 16.3 Å². The first kappa shape index (κ1) is 21.2. The molecular formula is C23H24N6O3. The Morgan fingerprint density at radius 1 is 1.16 bits per heavy atom. The van der Waals surface area contributed by atoms with Gasteiger partial charge in [-0.1, -0.05) is 32.9 Å². The van der Waals surface area contributed by atoms with Gasteiger partial charge in [-0.2, -0.15) is 10.2 Å². The number of anilines is 2. The number of nitro benzene ring substituents is 1. The Balaban J connectivity index is 1.83. The largest absolute Gasteiger partial charge is 0.323 e. The van der Waals surface area contributed by atoms with Gasteiger partial charge in [0.1, 0.15) is 18.1 Å². The Hall–Kier alpha value is -4.01. The Morgan fingerprint density at radius 2 is 1.88 bits per heavy atom. The number of hydrogen-bond acceptors (Lipinski definition) is 7. The second-order valence-corrected chi connectivity index (χ2v) is 8.75. The fraction of sp³-hybridized carbons (Fsp3) is 0.261. The van der Waals surface area contributed by atoms with Gasteiger partial charge < -0.3 is 10.1 Å². The number of aldehydes is 1. The number of rotatable bonds is 4. The van der Waals surface area contributed by atoms with Crippen molar-refractivity contribution in [2.75, 3.05) is 10.3 Å². The van der Waals surface area contributed by atoms with Crippen molar-refractivity contribution in [3.8, 4) is 0 Å². The highest BCUT2D eigenvalue weighted by Crippen LogP contribution is 2.36. The van der Waals surface area contributed by atoms with Crippen molar-refractivity contribution in [2.45, 2.75) is 39.2 Å². The number of hydrogen-bond donors (Lipinski definition) is 2. The fourth-order valence-electron chi connectivity index (χ4n) is 3.65. The quantitative estimate of drug-likeness (QED) is 0.357. The van der Waals surface area contributed by atoms with Gasteiger partial charge in [-0.3, -0.25) is 15.2 Å². The number of H-pyrrole nitrogens is 1. The second kappa shape index (κ2) is 7.92. The monoisotopic (exact) mass is 432 g/mol. The standard InChI is InChI=1S/C23H24N6O3/c1-14-11-21(26-25-14)24-22-18-10-9-17(29(31)32)12-19(18)20(13-30)28(27-22)16-7-5-15(6-8-16)23(2,3)4/h5-13,20H,1-4H3,(H2,24,25,26,27). The van der Waals surface area contributed by atoms with Crippen LogP contribution >= 0.6 is 0 Å². The zero-order chi connectivity index (χ0) is 23.0. The summed E-state index contributed by atoms with van der Waals surface area (Å²) in [5.41, 5.74) is 3.65. The molecule has 1 aliphatic rings. The van der Waals surface area contributed by atoms with Crippen molar-refractivity contribution in [3.05, 3.63) is 81.0 Å². The summed E-state index contributed by atoms with van der Waals surface area (Å²) in [6.45, 7) is 8.23. The number of fused-ring (bicyclic) bond motifs is 1. The number of carbonyl (C=O) groups excluding carboxylic acids is 1. The molecule has 0 amide bonds. The summed E-state index contributed by atoms with van der Waals surface area (Å²) in [5, 5.41) is 27.9. The predicted octanol–water partition coefficient (Wildman–Crippen LogP) is 4.46. The van der Waals surface area contributed by atoms with Crippen LogP contribution in [0.25, 0.3) is 0 Å². The molecule has 1 aliphatic heterocycles. The summed E-state index contributed by atoms with van der Waals surface area (Å²) in [5.74, 6) is 1.08. The van der Waals surface area contributed by atoms with Gasteiger partial charge in [0.25, 0.3) is 5.69 Å². The molecular weight excluding hydrogens is 408 g/mol. The van der Waals surface area contributed by atoms with Gasteiger partial charge in [0.2, 0.25) is 0 Å². The number of non-ortho nitro benzene ring substituents is 1. The van der Waals surface area contributed by atoms with E-state index in [1.54, 1.807) is 11.1 Å². The summed E-state index contributed by atoms with van der Waals surface area (Å²) in [4.78, 5) is 23.1. The van der Waals surface area contributed by atoms with E-state index in [1.807, 2.05) is 37.3 Å². The third-order valence-electron chi connectivity index (χ3n) is 5.38. The molecule has 0 aliphatic carbocycles. The molecule has 0 saturated carbocycles. The number of aromatic amines is 1. The van der Waals surface area contributed by atoms with Gasteiger partial charge in [-0.15, -0.1) is 0 Å². The molecule has 164 valence electrons. The van der Waals surface area contributed by atoms with Crippen LogP contribution in [0.5, 0.6) is 0 Å². The summed E-state index contributed by atoms with van der Waals surface area (Å²) in [7, 11) is 0. The lowest BCUT2D eigenvalue weighted by atomic mass is 9.87. The normalized spacial score (nSPS) is 15.7. The van der Waals surface area contributed by atoms with E-state index in [1.165, 1.54) is 12.1 Å². The molecule has 0 spiro atoms. The SMILES string of the molecule is Cc1cc(NC2=NN(c3ccc(C(C)(C)C)cc3)C(C=O)c3cc([N+](=O)[O-])ccc32)[nH]n1. The van der Waals surface area contributed by atoms with Crippen molar-refractivity contribution in [1.29, 1.82) is 0 Å². The van der Waals surface area contributed by atoms with Crippen molar-refractivity contribution < 1.29 is 9.72 Å². The number of hydrazone groups is 1. The summed E-state index contributed by atoms with van der Waals surface area (Å²) in [6.07, 6.45) is 0.751. The lowest BCUT2D eigenvalue weighted by molar-refractivity contribution is -0.384. The zero-order valence-electron chi connectivity index (χ0n) is 18.3. The van der Waals surface area contributed by atoms with Crippen molar-refractivity contribution in [1.82, 2.24) is 10.2 Å². The number of carbonyl (C=O) groups is 1. The first-order chi connectivity index (χ1) is 15.2. The number of nitro groups is 1. The lowest BCUT2D eigenvalue weighted by Gasteiger charge is -2.32. The van der Waals surface area contributed by atoms with Crippen LogP contribution in [0.2, 0.25) is 0 Å². The summed E-state index contributed by atoms with van der Waals surface area (Å²) in [6, 6.07) is 13.3. The number of benzene rings is 2. The molecule has 4 rings (SSSR count). The maximum Gasteiger partial charge on any atom is 0.269 e. The highest BCUT2D eigenvalue weighted by atomic mass is 16.6. The minimum Gasteiger partial charge on any atom is -0.323 e. The molecule has 2 N–H and O–H groups in total. The molecule has 1 unspecified atom stereocenters. The Labute approximate surface area is 185 Å². The summed E-state index contributed by atoms with van der Waals surface area (Å²) >= 11 is 0. The van der Waals surface area contributed by atoms with E-state index in [4.69, 9.17) is 5.10 Å². The van der Waals surface area contributed by atoms with Crippen LogP contribution in [0.3, 0.4) is 0 Å². The molecule has 0 radical (unpaired) electrons. The van der Waals surface area contributed by atoms with Gasteiger partial charge in [0.15, 0.2) is 5.84 Å². The molecule has 32 heavy (non-hydrogen) atoms. The van der Waals surface area contributed by atoms with E-state index in [-0.39, 0.29) is 11.1 Å². The maximum absolute atomic E-state index is 12.2. The second-order valence-electron chi connectivity index (χ2n) is 8.75. The molecule has 2 heterocycles. The first-order valence-electron chi connectivity index (χ1n) is 10.2. The lowest BCUT2D eigenvalue weighted by Crippen LogP contribution is -2.35. The van der Waals surface area contributed by atoms with Gasteiger partial charge in [-0.05, 0) is 36.1 Å². The summed E-state index contributed by atoms with van der Waals surface area (Å²) < 4.78 is 0. The van der Waals surface area contributed by atoms with Crippen LogP contribution in [0, 0.1) is 17.0 Å². The molecule has 9 heteroatoms. The number of amidine groups is 1. The van der Waals surface area contributed by atoms with Gasteiger partial charge in [-0.25, -0.2) is 5.01 Å². The molecule has 1 atom stereocenters. The molecule has 0 saturated heterocycles. The molecule has 1 aromatic heterocycles. The van der Waals surface area contributed by atoms with E-state index < -0.39 is 11.0 Å². The third kappa shape index (κ3) is 3.96. The average Bonchev–Trinajstić information content (AvgIpc) is 3.17. The van der Waals surface area contributed by atoms with Crippen LogP contribution in [0.15, 0.2) is 53.6 Å². The number of aromatic nitrogens is 2. The van der Waals surface area contributed by atoms with E-state index in [9.17, 15) is 14.9 Å². The van der Waals surface area contributed by atoms with Crippen molar-refractivity contribution >= 4 is 29.3 Å². The topological polar surface area (TPSA) is 117 Å². The number of nitrogens with one attached hydrogen (secondary N) is 2. The maximum atomic E-state index is 12.2. The van der Waals surface area contributed by atoms with Crippen LogP contribution < -0.4 is 10.3 Å². The van der Waals surface area contributed by atoms with Crippen molar-refractivity contribution in [3.63, 3.8) is 0 Å². The predicted molar refractivity (Wildman–Crippen MR) is 123 cm³/mol. The third-order valence-corrected chi connectivity index (χ3v) is 5.38. The number of aryl methyl sites for hydroxylation is 1. The van der Waals surface area contributed by atoms with E-state index in [2.05, 4.69) is 36.3 Å². The molecule has 2 aromatic carbocycles. The average molecular weight is 432 g/mol. The minimum absolute atomic E-state index is 0.0217. The van der Waals surface area contributed by atoms with Crippen molar-refractivity contribution in [2.24, 2.45) is 5.10 Å². The molecule has 0 bridgehead atoms. The molecule has 9 nitrogen and oxygen atoms in total. The Bertz CT molecular complexity index is 1210. The minimum atomic E-state index is -0.806. The fourth-order valence-corrected chi connectivity index (χ4v) is 3.65. The van der Waals surface area contributed by atoms with Crippen LogP contribution in [-0.4, -0.2) is 27.2 Å². The van der Waals surface area contributed by atoms with Crippen LogP contribution in [0.4, 0.5) is 17.2 Å². The number of nitrogens with zero attached hydrogens (tertiary/aromatic N) is 4. The Morgan fingerprint density at radius 3 is 2.44 bits per heavy atom. The van der Waals surface area contributed by atoms with Gasteiger partial charge in [0, 0.05) is 29.3 Å². The highest BCUT2D eigenvalue weighted by Gasteiger charge is 2.32. The zero-order valence-corrected chi connectivity index (χ0v) is 18.3. The van der Waals surface area contributed by atoms with Gasteiger partial charge >= 0.3 is 0 Å². The van der Waals surface area contributed by atoms with E-state index >= 15 is 0 Å². The van der Waals surface area contributed by atoms with Crippen LogP contribution in [-0.2, 0) is 10.2 Å². The molecule has 3 aromatic rings. The first-order valence-corrected chi connectivity index (χ1v) is 10.2. The van der Waals surface area contributed by atoms with Crippen LogP contribution in [0.1, 0.15) is 49.2 Å². The molecule has 0 fully saturated rings. The highest BCUT2D eigenvalue weighted by molar-refractivity contribution is 6.11. The smallest absolute Gasteiger partial charge is 0.269 e. The Kier molecular flexibility index (Phi) is 5.25. The van der Waals surface area contributed by atoms with E-state index in [0.717, 1.165) is 17.5 Å².